The van der Waals surface area contributed by atoms with Crippen LogP contribution in [-0.2, 0) is 6.18 Å². The number of alkyl halides is 3. The van der Waals surface area contributed by atoms with Crippen molar-refractivity contribution in [2.45, 2.75) is 37.6 Å². The predicted octanol–water partition coefficient (Wildman–Crippen LogP) is 4.08. The van der Waals surface area contributed by atoms with Crippen molar-refractivity contribution in [1.29, 1.82) is 0 Å². The molecule has 0 unspecified atom stereocenters. The zero-order valence-electron chi connectivity index (χ0n) is 15.9. The van der Waals surface area contributed by atoms with E-state index in [1.165, 1.54) is 6.07 Å². The van der Waals surface area contributed by atoms with Gasteiger partial charge in [-0.25, -0.2) is 9.97 Å². The second kappa shape index (κ2) is 7.24. The lowest BCUT2D eigenvalue weighted by molar-refractivity contribution is -0.141. The fourth-order valence-electron chi connectivity index (χ4n) is 3.40. The van der Waals surface area contributed by atoms with Gasteiger partial charge in [-0.2, -0.15) is 13.2 Å². The number of pyridine rings is 2. The van der Waals surface area contributed by atoms with Gasteiger partial charge < -0.3 is 15.2 Å². The molecule has 4 rings (SSSR count). The number of nitrogens with zero attached hydrogens (tertiary/aromatic N) is 2. The fraction of sp³-hybridized carbons (Fsp3) is 0.286. The molecule has 30 heavy (non-hydrogen) atoms. The second-order valence-electron chi connectivity index (χ2n) is 7.61. The molecule has 0 spiro atoms. The molecule has 1 fully saturated rings. The summed E-state index contributed by atoms with van der Waals surface area (Å²) in [5.74, 6) is 0.260. The molecular formula is C21H18F3N3O3. The average molecular weight is 417 g/mol. The number of aromatic nitrogens is 2. The number of ether oxygens (including phenoxy) is 1. The molecule has 0 atom stereocenters. The molecule has 1 saturated carbocycles. The summed E-state index contributed by atoms with van der Waals surface area (Å²) in [6.07, 6.45) is -2.48. The van der Waals surface area contributed by atoms with Crippen LogP contribution >= 0.6 is 0 Å². The second-order valence-corrected chi connectivity index (χ2v) is 7.61. The van der Waals surface area contributed by atoms with Gasteiger partial charge in [-0.05, 0) is 56.2 Å². The van der Waals surface area contributed by atoms with Gasteiger partial charge in [0.15, 0.2) is 0 Å². The number of nitrogens with one attached hydrogen (secondary N) is 1. The Morgan fingerprint density at radius 1 is 1.17 bits per heavy atom. The summed E-state index contributed by atoms with van der Waals surface area (Å²) in [5, 5.41) is 13.3. The van der Waals surface area contributed by atoms with Gasteiger partial charge >= 0.3 is 6.18 Å². The Balaban J connectivity index is 1.46. The van der Waals surface area contributed by atoms with Crippen LogP contribution in [0.4, 0.5) is 13.2 Å². The molecule has 2 heterocycles. The Morgan fingerprint density at radius 3 is 2.53 bits per heavy atom. The third kappa shape index (κ3) is 4.35. The van der Waals surface area contributed by atoms with Crippen LogP contribution in [0.5, 0.6) is 11.5 Å². The van der Waals surface area contributed by atoms with Gasteiger partial charge in [-0.3, -0.25) is 4.79 Å². The molecule has 1 aromatic carbocycles. The van der Waals surface area contributed by atoms with Crippen LogP contribution in [0.2, 0.25) is 0 Å². The monoisotopic (exact) mass is 417 g/mol. The largest absolute Gasteiger partial charge is 0.456 e. The van der Waals surface area contributed by atoms with Crippen molar-refractivity contribution in [2.75, 3.05) is 0 Å². The molecule has 0 aliphatic heterocycles. The minimum Gasteiger partial charge on any atom is -0.456 e. The minimum absolute atomic E-state index is 0.0712. The number of hydrogen-bond donors (Lipinski definition) is 2. The summed E-state index contributed by atoms with van der Waals surface area (Å²) in [4.78, 5) is 20.0. The number of rotatable bonds is 4. The summed E-state index contributed by atoms with van der Waals surface area (Å²) in [6.45, 7) is 1.73. The maximum atomic E-state index is 12.6. The Kier molecular flexibility index (Phi) is 4.85. The molecule has 156 valence electrons. The van der Waals surface area contributed by atoms with Gasteiger partial charge in [0.05, 0.1) is 17.3 Å². The van der Waals surface area contributed by atoms with E-state index in [0.717, 1.165) is 12.3 Å². The Hall–Kier alpha value is -3.20. The Labute approximate surface area is 169 Å². The van der Waals surface area contributed by atoms with Crippen molar-refractivity contribution in [1.82, 2.24) is 15.3 Å². The van der Waals surface area contributed by atoms with E-state index >= 15 is 0 Å². The highest BCUT2D eigenvalue weighted by molar-refractivity contribution is 5.95. The van der Waals surface area contributed by atoms with Crippen molar-refractivity contribution in [2.24, 2.45) is 0 Å². The number of carbonyl (C=O) groups excluding carboxylic acids is 1. The van der Waals surface area contributed by atoms with Gasteiger partial charge in [0.1, 0.15) is 22.9 Å². The first-order valence-corrected chi connectivity index (χ1v) is 9.24. The highest BCUT2D eigenvalue weighted by atomic mass is 19.4. The maximum Gasteiger partial charge on any atom is 0.433 e. The number of aliphatic hydroxyl groups is 1. The number of halogens is 3. The normalized spacial score (nSPS) is 21.2. The van der Waals surface area contributed by atoms with E-state index < -0.39 is 17.5 Å². The summed E-state index contributed by atoms with van der Waals surface area (Å²) in [6, 6.07) is 10.2. The highest BCUT2D eigenvalue weighted by Crippen LogP contribution is 2.32. The van der Waals surface area contributed by atoms with Gasteiger partial charge in [0, 0.05) is 11.4 Å². The van der Waals surface area contributed by atoms with Gasteiger partial charge in [-0.15, -0.1) is 0 Å². The van der Waals surface area contributed by atoms with Gasteiger partial charge in [0.25, 0.3) is 5.91 Å². The van der Waals surface area contributed by atoms with Crippen molar-refractivity contribution >= 4 is 16.8 Å². The van der Waals surface area contributed by atoms with Crippen LogP contribution in [-0.4, -0.2) is 32.6 Å². The first-order chi connectivity index (χ1) is 14.1. The zero-order valence-corrected chi connectivity index (χ0v) is 15.9. The molecule has 0 radical (unpaired) electrons. The number of fused-ring (bicyclic) bond motifs is 1. The van der Waals surface area contributed by atoms with E-state index in [0.29, 0.717) is 29.5 Å². The zero-order chi connectivity index (χ0) is 21.5. The molecule has 1 aliphatic rings. The molecule has 2 aromatic heterocycles. The minimum atomic E-state index is -4.51. The number of carbonyl (C=O) groups is 1. The van der Waals surface area contributed by atoms with E-state index in [2.05, 4.69) is 15.3 Å². The quantitative estimate of drug-likeness (QED) is 0.668. The van der Waals surface area contributed by atoms with Crippen LogP contribution in [0, 0.1) is 0 Å². The van der Waals surface area contributed by atoms with E-state index in [1.54, 1.807) is 37.3 Å². The van der Waals surface area contributed by atoms with Crippen molar-refractivity contribution in [3.05, 3.63) is 60.0 Å². The Bertz CT molecular complexity index is 1090. The van der Waals surface area contributed by atoms with E-state index in [1.807, 2.05) is 0 Å². The lowest BCUT2D eigenvalue weighted by atomic mass is 9.77. The van der Waals surface area contributed by atoms with E-state index in [9.17, 15) is 23.1 Å². The third-order valence-corrected chi connectivity index (χ3v) is 4.86. The van der Waals surface area contributed by atoms with Crippen LogP contribution in [0.15, 0.2) is 48.7 Å². The molecular weight excluding hydrogens is 399 g/mol. The topological polar surface area (TPSA) is 84.3 Å². The summed E-state index contributed by atoms with van der Waals surface area (Å²) >= 11 is 0. The molecule has 6 nitrogen and oxygen atoms in total. The van der Waals surface area contributed by atoms with Crippen LogP contribution in [0.25, 0.3) is 10.9 Å². The summed E-state index contributed by atoms with van der Waals surface area (Å²) in [7, 11) is 0. The Morgan fingerprint density at radius 2 is 1.90 bits per heavy atom. The SMILES string of the molecule is CC1(O)CC(NC(=O)c2ccc3cc(Oc4ccc(C(F)(F)F)nc4)ccc3n2)C1. The van der Waals surface area contributed by atoms with Crippen molar-refractivity contribution in [3.8, 4) is 11.5 Å². The molecule has 0 bridgehead atoms. The molecule has 2 N–H and O–H groups in total. The summed E-state index contributed by atoms with van der Waals surface area (Å²) in [5.41, 5.74) is -0.891. The van der Waals surface area contributed by atoms with Crippen molar-refractivity contribution < 1.29 is 27.8 Å². The average Bonchev–Trinajstić information content (AvgIpc) is 2.66. The van der Waals surface area contributed by atoms with Gasteiger partial charge in [-0.1, -0.05) is 6.07 Å². The highest BCUT2D eigenvalue weighted by Gasteiger charge is 2.39. The number of amides is 1. The van der Waals surface area contributed by atoms with E-state index in [-0.39, 0.29) is 23.4 Å². The smallest absolute Gasteiger partial charge is 0.433 e. The molecule has 0 saturated heterocycles. The van der Waals surface area contributed by atoms with Crippen LogP contribution < -0.4 is 10.1 Å². The number of benzene rings is 1. The molecule has 1 aliphatic carbocycles. The van der Waals surface area contributed by atoms with Crippen LogP contribution in [0.3, 0.4) is 0 Å². The van der Waals surface area contributed by atoms with Crippen molar-refractivity contribution in [3.63, 3.8) is 0 Å². The third-order valence-electron chi connectivity index (χ3n) is 4.86. The fourth-order valence-corrected chi connectivity index (χ4v) is 3.40. The predicted molar refractivity (Wildman–Crippen MR) is 102 cm³/mol. The maximum absolute atomic E-state index is 12.6. The summed E-state index contributed by atoms with van der Waals surface area (Å²) < 4.78 is 43.3. The van der Waals surface area contributed by atoms with Gasteiger partial charge in [0.2, 0.25) is 0 Å². The lowest BCUT2D eigenvalue weighted by Crippen LogP contribution is -2.53. The molecule has 3 aromatic rings. The lowest BCUT2D eigenvalue weighted by Gasteiger charge is -2.41. The van der Waals surface area contributed by atoms with E-state index in [4.69, 9.17) is 4.74 Å². The van der Waals surface area contributed by atoms with Crippen LogP contribution in [0.1, 0.15) is 35.9 Å². The first kappa shape index (κ1) is 20.1. The standard InChI is InChI=1S/C21H18F3N3O3/c1-20(29)9-13(10-20)26-19(28)17-5-2-12-8-14(3-6-16(12)27-17)30-15-4-7-18(25-11-15)21(22,23)24/h2-8,11,13,29H,9-10H2,1H3,(H,26,28). The first-order valence-electron chi connectivity index (χ1n) is 9.24. The molecule has 1 amide bonds. The molecule has 9 heteroatoms. The number of hydrogen-bond acceptors (Lipinski definition) is 5.